The third-order valence-electron chi connectivity index (χ3n) is 2.96. The summed E-state index contributed by atoms with van der Waals surface area (Å²) < 4.78 is 1.66. The fourth-order valence-corrected chi connectivity index (χ4v) is 1.90. The van der Waals surface area contributed by atoms with Gasteiger partial charge in [0, 0.05) is 18.3 Å². The number of hydrogen-bond donors (Lipinski definition) is 2. The van der Waals surface area contributed by atoms with Crippen molar-refractivity contribution in [3.8, 4) is 0 Å². The number of nitrogens with zero attached hydrogens (tertiary/aromatic N) is 1. The first-order valence-electron chi connectivity index (χ1n) is 5.80. The van der Waals surface area contributed by atoms with Gasteiger partial charge >= 0.3 is 0 Å². The van der Waals surface area contributed by atoms with Crippen LogP contribution in [0.15, 0.2) is 42.5 Å². The van der Waals surface area contributed by atoms with Crippen LogP contribution < -0.4 is 5.48 Å². The molecule has 0 atom stereocenters. The quantitative estimate of drug-likeness (QED) is 0.493. The largest absolute Gasteiger partial charge is 0.344 e. The maximum atomic E-state index is 12.3. The van der Waals surface area contributed by atoms with Crippen LogP contribution in [-0.4, -0.2) is 21.5 Å². The molecule has 0 bridgehead atoms. The average molecular weight is 258 g/mol. The zero-order valence-corrected chi connectivity index (χ0v) is 10.5. The van der Waals surface area contributed by atoms with E-state index in [1.807, 2.05) is 6.07 Å². The van der Waals surface area contributed by atoms with Crippen molar-refractivity contribution in [3.63, 3.8) is 0 Å². The van der Waals surface area contributed by atoms with Crippen LogP contribution in [0, 0.1) is 0 Å². The van der Waals surface area contributed by atoms with Crippen molar-refractivity contribution in [1.82, 2.24) is 10.0 Å². The van der Waals surface area contributed by atoms with Crippen molar-refractivity contribution in [1.29, 1.82) is 0 Å². The Bertz CT molecular complexity index is 602. The maximum absolute atomic E-state index is 12.3. The molecule has 19 heavy (non-hydrogen) atoms. The Hall–Kier alpha value is -2.40. The minimum Gasteiger partial charge on any atom is -0.344 e. The van der Waals surface area contributed by atoms with E-state index < -0.39 is 5.91 Å². The van der Waals surface area contributed by atoms with Crippen LogP contribution in [0.25, 0.3) is 0 Å². The average Bonchev–Trinajstić information content (AvgIpc) is 2.80. The zero-order chi connectivity index (χ0) is 13.8. The number of carbonyl (C=O) groups is 2. The Kier molecular flexibility index (Phi) is 3.77. The summed E-state index contributed by atoms with van der Waals surface area (Å²) in [5.74, 6) is -0.612. The normalized spacial score (nSPS) is 10.2. The van der Waals surface area contributed by atoms with Gasteiger partial charge in [-0.15, -0.1) is 0 Å². The smallest absolute Gasteiger partial charge is 0.249 e. The molecule has 0 aliphatic heterocycles. The van der Waals surface area contributed by atoms with Crippen molar-refractivity contribution in [3.05, 3.63) is 59.4 Å². The molecule has 0 unspecified atom stereocenters. The predicted octanol–water partition coefficient (Wildman–Crippen LogP) is 1.30. The number of hydroxylamine groups is 1. The number of benzene rings is 1. The molecular formula is C14H14N2O3. The van der Waals surface area contributed by atoms with E-state index in [2.05, 4.69) is 0 Å². The van der Waals surface area contributed by atoms with Gasteiger partial charge in [0.2, 0.25) is 11.7 Å². The van der Waals surface area contributed by atoms with E-state index in [-0.39, 0.29) is 12.2 Å². The van der Waals surface area contributed by atoms with Crippen LogP contribution in [0.1, 0.15) is 21.7 Å². The van der Waals surface area contributed by atoms with E-state index in [0.717, 1.165) is 0 Å². The standard InChI is InChI=1S/C14H14N2O3/c1-16-11(9-13(17)15-19)7-8-12(16)14(18)10-5-3-2-4-6-10/h2-8,19H,9H2,1H3,(H,15,17). The van der Waals surface area contributed by atoms with E-state index in [1.165, 1.54) is 0 Å². The van der Waals surface area contributed by atoms with Crippen molar-refractivity contribution in [2.75, 3.05) is 0 Å². The minimum absolute atomic E-state index is 0.0229. The number of rotatable bonds is 4. The van der Waals surface area contributed by atoms with Gasteiger partial charge in [-0.2, -0.15) is 0 Å². The molecule has 1 heterocycles. The second-order valence-corrected chi connectivity index (χ2v) is 4.18. The lowest BCUT2D eigenvalue weighted by Crippen LogP contribution is -2.22. The van der Waals surface area contributed by atoms with Crippen LogP contribution in [0.2, 0.25) is 0 Å². The molecule has 0 aliphatic carbocycles. The van der Waals surface area contributed by atoms with Crippen LogP contribution in [0.3, 0.4) is 0 Å². The van der Waals surface area contributed by atoms with Gasteiger partial charge < -0.3 is 4.57 Å². The van der Waals surface area contributed by atoms with Crippen molar-refractivity contribution in [2.24, 2.45) is 7.05 Å². The number of carbonyl (C=O) groups excluding carboxylic acids is 2. The van der Waals surface area contributed by atoms with Gasteiger partial charge in [0.1, 0.15) is 0 Å². The van der Waals surface area contributed by atoms with Gasteiger partial charge in [-0.1, -0.05) is 30.3 Å². The highest BCUT2D eigenvalue weighted by Crippen LogP contribution is 2.13. The van der Waals surface area contributed by atoms with Crippen molar-refractivity contribution in [2.45, 2.75) is 6.42 Å². The molecule has 2 N–H and O–H groups in total. The van der Waals surface area contributed by atoms with E-state index in [1.54, 1.807) is 53.5 Å². The molecule has 98 valence electrons. The maximum Gasteiger partial charge on any atom is 0.249 e. The molecule has 0 spiro atoms. The first kappa shape index (κ1) is 13.0. The van der Waals surface area contributed by atoms with Gasteiger partial charge in [-0.25, -0.2) is 5.48 Å². The van der Waals surface area contributed by atoms with Gasteiger partial charge in [-0.05, 0) is 12.1 Å². The summed E-state index contributed by atoms with van der Waals surface area (Å²) in [5, 5.41) is 8.51. The molecule has 2 aromatic rings. The molecular weight excluding hydrogens is 244 g/mol. The van der Waals surface area contributed by atoms with E-state index in [9.17, 15) is 9.59 Å². The highest BCUT2D eigenvalue weighted by atomic mass is 16.5. The number of amides is 1. The minimum atomic E-state index is -0.514. The molecule has 2 rings (SSSR count). The lowest BCUT2D eigenvalue weighted by molar-refractivity contribution is -0.128. The SMILES string of the molecule is Cn1c(CC(=O)NO)ccc1C(=O)c1ccccc1. The van der Waals surface area contributed by atoms with Crippen LogP contribution in [-0.2, 0) is 18.3 Å². The summed E-state index contributed by atoms with van der Waals surface area (Å²) in [7, 11) is 1.72. The second-order valence-electron chi connectivity index (χ2n) is 4.18. The topological polar surface area (TPSA) is 71.3 Å². The van der Waals surface area contributed by atoms with Gasteiger partial charge in [-0.3, -0.25) is 14.8 Å². The lowest BCUT2D eigenvalue weighted by Gasteiger charge is -2.06. The van der Waals surface area contributed by atoms with Gasteiger partial charge in [0.25, 0.3) is 0 Å². The van der Waals surface area contributed by atoms with E-state index in [0.29, 0.717) is 17.0 Å². The zero-order valence-electron chi connectivity index (χ0n) is 10.5. The predicted molar refractivity (Wildman–Crippen MR) is 68.9 cm³/mol. The summed E-state index contributed by atoms with van der Waals surface area (Å²) in [4.78, 5) is 23.4. The monoisotopic (exact) mass is 258 g/mol. The third-order valence-corrected chi connectivity index (χ3v) is 2.96. The molecule has 5 nitrogen and oxygen atoms in total. The number of aromatic nitrogens is 1. The third kappa shape index (κ3) is 2.71. The molecule has 0 radical (unpaired) electrons. The molecule has 0 fully saturated rings. The van der Waals surface area contributed by atoms with Crippen molar-refractivity contribution < 1.29 is 14.8 Å². The Balaban J connectivity index is 2.27. The number of ketones is 1. The summed E-state index contributed by atoms with van der Waals surface area (Å²) in [6.45, 7) is 0. The molecule has 0 saturated heterocycles. The van der Waals surface area contributed by atoms with Crippen LogP contribution in [0.4, 0.5) is 0 Å². The fraction of sp³-hybridized carbons (Fsp3) is 0.143. The molecule has 1 aromatic heterocycles. The van der Waals surface area contributed by atoms with E-state index >= 15 is 0 Å². The fourth-order valence-electron chi connectivity index (χ4n) is 1.90. The molecule has 5 heteroatoms. The van der Waals surface area contributed by atoms with Crippen LogP contribution >= 0.6 is 0 Å². The highest BCUT2D eigenvalue weighted by Gasteiger charge is 2.15. The molecule has 0 saturated carbocycles. The summed E-state index contributed by atoms with van der Waals surface area (Å²) in [5.41, 5.74) is 3.34. The number of hydrogen-bond acceptors (Lipinski definition) is 3. The molecule has 0 aliphatic rings. The van der Waals surface area contributed by atoms with Gasteiger partial charge in [0.15, 0.2) is 0 Å². The number of nitrogens with one attached hydrogen (secondary N) is 1. The first-order chi connectivity index (χ1) is 9.13. The highest BCUT2D eigenvalue weighted by molar-refractivity contribution is 6.08. The molecule has 1 aromatic carbocycles. The second kappa shape index (κ2) is 5.49. The lowest BCUT2D eigenvalue weighted by atomic mass is 10.1. The molecule has 1 amide bonds. The Morgan fingerprint density at radius 3 is 2.47 bits per heavy atom. The summed E-state index contributed by atoms with van der Waals surface area (Å²) in [6.07, 6.45) is 0.0229. The van der Waals surface area contributed by atoms with Crippen LogP contribution in [0.5, 0.6) is 0 Å². The Labute approximate surface area is 110 Å². The van der Waals surface area contributed by atoms with Crippen molar-refractivity contribution >= 4 is 11.7 Å². The summed E-state index contributed by atoms with van der Waals surface area (Å²) >= 11 is 0. The first-order valence-corrected chi connectivity index (χ1v) is 5.80. The Morgan fingerprint density at radius 1 is 1.16 bits per heavy atom. The Morgan fingerprint density at radius 2 is 1.84 bits per heavy atom. The van der Waals surface area contributed by atoms with E-state index in [4.69, 9.17) is 5.21 Å². The summed E-state index contributed by atoms with van der Waals surface area (Å²) in [6, 6.07) is 12.3. The van der Waals surface area contributed by atoms with Gasteiger partial charge in [0.05, 0.1) is 12.1 Å².